The van der Waals surface area contributed by atoms with E-state index in [1.54, 1.807) is 10.6 Å². The molecule has 4 bridgehead atoms. The van der Waals surface area contributed by atoms with E-state index in [9.17, 15) is 18.8 Å². The van der Waals surface area contributed by atoms with Crippen LogP contribution in [0.15, 0.2) is 44.8 Å². The molecular formula is C30H36FN5O3. The molecule has 2 aromatic heterocycles. The number of para-hydroxylation sites is 2. The van der Waals surface area contributed by atoms with E-state index in [0.29, 0.717) is 23.6 Å². The van der Waals surface area contributed by atoms with Crippen molar-refractivity contribution in [1.29, 1.82) is 0 Å². The number of nitrogens with one attached hydrogen (secondary N) is 1. The Labute approximate surface area is 225 Å². The number of halogens is 1. The first-order valence-corrected chi connectivity index (χ1v) is 14.7. The predicted molar refractivity (Wildman–Crippen MR) is 147 cm³/mol. The molecular weight excluding hydrogens is 497 g/mol. The quantitative estimate of drug-likeness (QED) is 0.546. The van der Waals surface area contributed by atoms with Gasteiger partial charge in [-0.15, -0.1) is 0 Å². The standard InChI is InChI=1S/C30H36FN5O3/c1-17-9-10-18-11-19(17)13-22(12-18)35-20-5-4-6-21(35)15-23(14-20)36-26-8-3-2-7-25(26)32-27(29(36)38)34-16-24(31)28(37)33-30(34)39/h2-3,7-8,16-23H,4-6,9-15H2,1H3,(H,33,37,39)/t17-,18-,19+,20-,21+,22+,23?/m0/s1. The van der Waals surface area contributed by atoms with E-state index in [1.807, 2.05) is 23.2 Å². The van der Waals surface area contributed by atoms with Crippen LogP contribution in [0.25, 0.3) is 16.9 Å². The minimum Gasteiger partial charge on any atom is -0.300 e. The minimum atomic E-state index is -1.13. The number of hydrogen-bond donors (Lipinski definition) is 1. The Morgan fingerprint density at radius 2 is 1.67 bits per heavy atom. The first-order valence-electron chi connectivity index (χ1n) is 14.7. The lowest BCUT2D eigenvalue weighted by molar-refractivity contribution is -0.0551. The van der Waals surface area contributed by atoms with Gasteiger partial charge in [-0.25, -0.2) is 14.3 Å². The molecule has 1 N–H and O–H groups in total. The molecule has 7 rings (SSSR count). The molecule has 4 heterocycles. The summed E-state index contributed by atoms with van der Waals surface area (Å²) in [4.78, 5) is 47.5. The van der Waals surface area contributed by atoms with Gasteiger partial charge in [-0.05, 0) is 74.8 Å². The number of rotatable bonds is 3. The molecule has 2 saturated heterocycles. The van der Waals surface area contributed by atoms with Crippen molar-refractivity contribution < 1.29 is 4.39 Å². The molecule has 4 aliphatic rings. The van der Waals surface area contributed by atoms with Crippen molar-refractivity contribution in [2.75, 3.05) is 0 Å². The molecule has 2 saturated carbocycles. The van der Waals surface area contributed by atoms with Crippen LogP contribution < -0.4 is 16.8 Å². The summed E-state index contributed by atoms with van der Waals surface area (Å²) >= 11 is 0. The van der Waals surface area contributed by atoms with Crippen molar-refractivity contribution >= 4 is 11.0 Å². The average molecular weight is 534 g/mol. The molecule has 0 radical (unpaired) electrons. The lowest BCUT2D eigenvalue weighted by atomic mass is 9.64. The SMILES string of the molecule is C[C@H]1CC[C@H]2C[C@@H]1C[C@H](N1[C@@H]3CCC[C@H]1CC(n1c(=O)c(-n4cc(F)c(=O)[nH]c4=O)nc4ccccc41)C3)C2. The van der Waals surface area contributed by atoms with Gasteiger partial charge < -0.3 is 4.57 Å². The number of fused-ring (bicyclic) bond motifs is 5. The summed E-state index contributed by atoms with van der Waals surface area (Å²) in [6.45, 7) is 2.44. The Morgan fingerprint density at radius 1 is 0.897 bits per heavy atom. The van der Waals surface area contributed by atoms with Gasteiger partial charge in [0.1, 0.15) is 0 Å². The maximum absolute atomic E-state index is 14.2. The number of nitrogens with zero attached hydrogens (tertiary/aromatic N) is 4. The van der Waals surface area contributed by atoms with Crippen LogP contribution >= 0.6 is 0 Å². The summed E-state index contributed by atoms with van der Waals surface area (Å²) in [7, 11) is 0. The lowest BCUT2D eigenvalue weighted by Crippen LogP contribution is -2.59. The van der Waals surface area contributed by atoms with Crippen LogP contribution in [0.4, 0.5) is 4.39 Å². The zero-order valence-corrected chi connectivity index (χ0v) is 22.4. The summed E-state index contributed by atoms with van der Waals surface area (Å²) in [5.41, 5.74) is -1.13. The Bertz CT molecular complexity index is 1580. The van der Waals surface area contributed by atoms with Gasteiger partial charge in [0.25, 0.3) is 11.1 Å². The molecule has 1 unspecified atom stereocenters. The van der Waals surface area contributed by atoms with Gasteiger partial charge in [-0.2, -0.15) is 4.39 Å². The molecule has 2 aliphatic heterocycles. The van der Waals surface area contributed by atoms with Gasteiger partial charge in [0.2, 0.25) is 11.6 Å². The molecule has 4 fully saturated rings. The summed E-state index contributed by atoms with van der Waals surface area (Å²) in [6.07, 6.45) is 12.8. The number of aromatic amines is 1. The van der Waals surface area contributed by atoms with Crippen LogP contribution in [0, 0.1) is 23.6 Å². The Morgan fingerprint density at radius 3 is 2.46 bits per heavy atom. The molecule has 8 nitrogen and oxygen atoms in total. The fraction of sp³-hybridized carbons (Fsp3) is 0.600. The average Bonchev–Trinajstić information content (AvgIpc) is 2.92. The summed E-state index contributed by atoms with van der Waals surface area (Å²) in [5, 5.41) is 0. The third-order valence-electron chi connectivity index (χ3n) is 10.3. The zero-order valence-electron chi connectivity index (χ0n) is 22.4. The molecule has 39 heavy (non-hydrogen) atoms. The van der Waals surface area contributed by atoms with Gasteiger partial charge in [-0.1, -0.05) is 38.3 Å². The highest BCUT2D eigenvalue weighted by Crippen LogP contribution is 2.49. The smallest absolute Gasteiger partial charge is 0.300 e. The molecule has 9 heteroatoms. The van der Waals surface area contributed by atoms with Crippen LogP contribution in [0.1, 0.15) is 77.2 Å². The maximum atomic E-state index is 14.2. The second kappa shape index (κ2) is 9.54. The van der Waals surface area contributed by atoms with Crippen molar-refractivity contribution in [3.63, 3.8) is 0 Å². The molecule has 1 aromatic carbocycles. The summed E-state index contributed by atoms with van der Waals surface area (Å²) in [5.74, 6) is 1.20. The molecule has 206 valence electrons. The Balaban J connectivity index is 1.28. The number of piperidine rings is 2. The third kappa shape index (κ3) is 4.20. The fourth-order valence-electron chi connectivity index (χ4n) is 8.59. The number of hydrogen-bond acceptors (Lipinski definition) is 5. The van der Waals surface area contributed by atoms with Crippen molar-refractivity contribution in [2.45, 2.75) is 95.3 Å². The zero-order chi connectivity index (χ0) is 26.8. The van der Waals surface area contributed by atoms with Crippen molar-refractivity contribution in [1.82, 2.24) is 24.0 Å². The predicted octanol–water partition coefficient (Wildman–Crippen LogP) is 4.15. The number of benzene rings is 1. The number of H-pyrrole nitrogens is 1. The first-order chi connectivity index (χ1) is 18.9. The van der Waals surface area contributed by atoms with E-state index in [-0.39, 0.29) is 11.9 Å². The van der Waals surface area contributed by atoms with Crippen LogP contribution in [-0.2, 0) is 0 Å². The van der Waals surface area contributed by atoms with Crippen molar-refractivity contribution in [3.8, 4) is 5.82 Å². The molecule has 0 amide bonds. The van der Waals surface area contributed by atoms with E-state index in [1.165, 1.54) is 38.5 Å². The van der Waals surface area contributed by atoms with Crippen LogP contribution in [0.5, 0.6) is 0 Å². The topological polar surface area (TPSA) is 93.0 Å². The van der Waals surface area contributed by atoms with Gasteiger partial charge in [-0.3, -0.25) is 19.5 Å². The number of aromatic nitrogens is 4. The third-order valence-corrected chi connectivity index (χ3v) is 10.3. The van der Waals surface area contributed by atoms with Crippen LogP contribution in [0.3, 0.4) is 0 Å². The van der Waals surface area contributed by atoms with E-state index in [2.05, 4.69) is 16.8 Å². The van der Waals surface area contributed by atoms with Gasteiger partial charge in [0.05, 0.1) is 17.2 Å². The molecule has 0 spiro atoms. The Hall–Kier alpha value is -3.07. The highest BCUT2D eigenvalue weighted by Gasteiger charge is 2.46. The minimum absolute atomic E-state index is 0.0407. The monoisotopic (exact) mass is 533 g/mol. The maximum Gasteiger partial charge on any atom is 0.334 e. The first kappa shape index (κ1) is 24.9. The van der Waals surface area contributed by atoms with Gasteiger partial charge in [0, 0.05) is 24.2 Å². The summed E-state index contributed by atoms with van der Waals surface area (Å²) in [6, 6.07) is 8.88. The normalized spacial score (nSPS) is 32.8. The largest absolute Gasteiger partial charge is 0.334 e. The van der Waals surface area contributed by atoms with Crippen LogP contribution in [0.2, 0.25) is 0 Å². The van der Waals surface area contributed by atoms with Crippen molar-refractivity contribution in [3.05, 3.63) is 67.5 Å². The Kier molecular flexibility index (Phi) is 6.10. The lowest BCUT2D eigenvalue weighted by Gasteiger charge is -2.56. The fourth-order valence-corrected chi connectivity index (χ4v) is 8.59. The van der Waals surface area contributed by atoms with Gasteiger partial charge >= 0.3 is 5.69 Å². The molecule has 3 aromatic rings. The van der Waals surface area contributed by atoms with Crippen LogP contribution in [-0.4, -0.2) is 42.1 Å². The van der Waals surface area contributed by atoms with E-state index in [0.717, 1.165) is 59.7 Å². The highest BCUT2D eigenvalue weighted by atomic mass is 19.1. The highest BCUT2D eigenvalue weighted by molar-refractivity contribution is 5.75. The summed E-state index contributed by atoms with van der Waals surface area (Å²) < 4.78 is 16.8. The molecule has 7 atom stereocenters. The second-order valence-electron chi connectivity index (χ2n) is 12.6. The van der Waals surface area contributed by atoms with E-state index >= 15 is 0 Å². The van der Waals surface area contributed by atoms with Crippen molar-refractivity contribution in [2.24, 2.45) is 17.8 Å². The van der Waals surface area contributed by atoms with Gasteiger partial charge in [0.15, 0.2) is 0 Å². The van der Waals surface area contributed by atoms with E-state index in [4.69, 9.17) is 0 Å². The van der Waals surface area contributed by atoms with E-state index < -0.39 is 22.6 Å². The molecule has 2 aliphatic carbocycles. The second-order valence-corrected chi connectivity index (χ2v) is 12.6.